The van der Waals surface area contributed by atoms with Crippen LogP contribution in [0, 0.1) is 6.92 Å². The first kappa shape index (κ1) is 24.5. The van der Waals surface area contributed by atoms with Crippen LogP contribution in [0.25, 0.3) is 10.8 Å². The van der Waals surface area contributed by atoms with Crippen molar-refractivity contribution in [1.29, 1.82) is 0 Å². The highest BCUT2D eigenvalue weighted by atomic mass is 16.2. The van der Waals surface area contributed by atoms with Crippen LogP contribution < -0.4 is 5.32 Å². The van der Waals surface area contributed by atoms with E-state index in [1.54, 1.807) is 4.90 Å². The van der Waals surface area contributed by atoms with Gasteiger partial charge < -0.3 is 10.2 Å². The summed E-state index contributed by atoms with van der Waals surface area (Å²) >= 11 is 0. The smallest absolute Gasteiger partial charge is 0.243 e. The first-order valence-electron chi connectivity index (χ1n) is 12.1. The molecule has 3 rings (SSSR count). The average Bonchev–Trinajstić information content (AvgIpc) is 2.83. The van der Waals surface area contributed by atoms with Crippen molar-refractivity contribution < 1.29 is 9.59 Å². The number of amides is 2. The van der Waals surface area contributed by atoms with Gasteiger partial charge in [0.2, 0.25) is 11.8 Å². The van der Waals surface area contributed by atoms with Gasteiger partial charge in [0.05, 0.1) is 0 Å². The van der Waals surface area contributed by atoms with Crippen molar-refractivity contribution in [1.82, 2.24) is 10.2 Å². The molecule has 3 aromatic rings. The van der Waals surface area contributed by atoms with Crippen LogP contribution >= 0.6 is 0 Å². The fraction of sp³-hybridized carbons (Fsp3) is 0.379. The molecule has 0 aliphatic carbocycles. The van der Waals surface area contributed by atoms with Gasteiger partial charge in [-0.25, -0.2) is 0 Å². The number of hydrogen-bond donors (Lipinski definition) is 1. The minimum Gasteiger partial charge on any atom is -0.352 e. The lowest BCUT2D eigenvalue weighted by Gasteiger charge is -2.32. The van der Waals surface area contributed by atoms with Gasteiger partial charge in [0, 0.05) is 19.0 Å². The molecule has 0 aliphatic rings. The van der Waals surface area contributed by atoms with Gasteiger partial charge in [-0.1, -0.05) is 80.6 Å². The number of nitrogens with zero attached hydrogens (tertiary/aromatic N) is 1. The van der Waals surface area contributed by atoms with Crippen molar-refractivity contribution in [2.75, 3.05) is 0 Å². The summed E-state index contributed by atoms with van der Waals surface area (Å²) in [5.74, 6) is -0.0590. The molecule has 0 aromatic heterocycles. The average molecular weight is 445 g/mol. The van der Waals surface area contributed by atoms with Gasteiger partial charge in [0.15, 0.2) is 0 Å². The Morgan fingerprint density at radius 1 is 0.879 bits per heavy atom. The van der Waals surface area contributed by atoms with E-state index in [0.29, 0.717) is 25.8 Å². The van der Waals surface area contributed by atoms with Crippen molar-refractivity contribution in [3.05, 3.63) is 83.4 Å². The third-order valence-electron chi connectivity index (χ3n) is 6.48. The predicted molar refractivity (Wildman–Crippen MR) is 136 cm³/mol. The van der Waals surface area contributed by atoms with E-state index < -0.39 is 6.04 Å². The van der Waals surface area contributed by atoms with Gasteiger partial charge in [0.1, 0.15) is 6.04 Å². The normalized spacial score (nSPS) is 12.8. The standard InChI is InChI=1S/C29H36N2O2/c1-5-22(4)30-29(33)27(6-2)31(20-25-14-8-7-12-21(25)3)28(32)19-18-24-16-11-15-23-13-9-10-17-26(23)24/h7-17,22,27H,5-6,18-20H2,1-4H3,(H,30,33)/t22-,27-/m0/s1. The van der Waals surface area contributed by atoms with Crippen LogP contribution in [-0.4, -0.2) is 28.8 Å². The molecule has 3 aromatic carbocycles. The lowest BCUT2D eigenvalue weighted by atomic mass is 10.00. The van der Waals surface area contributed by atoms with Crippen molar-refractivity contribution in [2.45, 2.75) is 72.0 Å². The van der Waals surface area contributed by atoms with E-state index in [4.69, 9.17) is 0 Å². The fourth-order valence-electron chi connectivity index (χ4n) is 4.23. The highest BCUT2D eigenvalue weighted by Gasteiger charge is 2.29. The van der Waals surface area contributed by atoms with Gasteiger partial charge >= 0.3 is 0 Å². The van der Waals surface area contributed by atoms with Crippen molar-refractivity contribution >= 4 is 22.6 Å². The Bertz CT molecular complexity index is 1090. The number of nitrogens with one attached hydrogen (secondary N) is 1. The summed E-state index contributed by atoms with van der Waals surface area (Å²) in [5.41, 5.74) is 3.36. The quantitative estimate of drug-likeness (QED) is 0.429. The van der Waals surface area contributed by atoms with Crippen LogP contribution in [0.2, 0.25) is 0 Å². The van der Waals surface area contributed by atoms with E-state index in [2.05, 4.69) is 29.6 Å². The Morgan fingerprint density at radius 2 is 1.55 bits per heavy atom. The number of carbonyl (C=O) groups excluding carboxylic acids is 2. The third kappa shape index (κ3) is 6.22. The molecule has 1 N–H and O–H groups in total. The first-order valence-corrected chi connectivity index (χ1v) is 12.1. The summed E-state index contributed by atoms with van der Waals surface area (Å²) in [6.45, 7) is 8.51. The first-order chi connectivity index (χ1) is 15.9. The summed E-state index contributed by atoms with van der Waals surface area (Å²) in [6.07, 6.45) is 2.45. The van der Waals surface area contributed by atoms with E-state index >= 15 is 0 Å². The van der Waals surface area contributed by atoms with Crippen molar-refractivity contribution in [3.63, 3.8) is 0 Å². The number of benzene rings is 3. The second-order valence-corrected chi connectivity index (χ2v) is 8.83. The molecule has 0 saturated heterocycles. The predicted octanol–water partition coefficient (Wildman–Crippen LogP) is 5.80. The topological polar surface area (TPSA) is 49.4 Å². The molecule has 0 radical (unpaired) electrons. The SMILES string of the molecule is CC[C@H](C)NC(=O)[C@H](CC)N(Cc1ccccc1C)C(=O)CCc1cccc2ccccc12. The highest BCUT2D eigenvalue weighted by molar-refractivity contribution is 5.89. The summed E-state index contributed by atoms with van der Waals surface area (Å²) in [6, 6.07) is 22.2. The maximum atomic E-state index is 13.6. The minimum absolute atomic E-state index is 0.0114. The number of fused-ring (bicyclic) bond motifs is 1. The zero-order valence-electron chi connectivity index (χ0n) is 20.3. The van der Waals surface area contributed by atoms with Gasteiger partial charge in [-0.2, -0.15) is 0 Å². The Morgan fingerprint density at radius 3 is 2.27 bits per heavy atom. The van der Waals surface area contributed by atoms with Gasteiger partial charge in [-0.3, -0.25) is 9.59 Å². The fourth-order valence-corrected chi connectivity index (χ4v) is 4.23. The molecule has 0 fully saturated rings. The monoisotopic (exact) mass is 444 g/mol. The minimum atomic E-state index is -0.487. The molecule has 174 valence electrons. The molecule has 0 unspecified atom stereocenters. The number of carbonyl (C=O) groups is 2. The Balaban J connectivity index is 1.84. The van der Waals surface area contributed by atoms with Gasteiger partial charge in [0.25, 0.3) is 0 Å². The van der Waals surface area contributed by atoms with Crippen LogP contribution in [0.3, 0.4) is 0 Å². The molecular weight excluding hydrogens is 408 g/mol. The Labute approximate surface area is 198 Å². The second kappa shape index (κ2) is 11.6. The van der Waals surface area contributed by atoms with Crippen LogP contribution in [0.15, 0.2) is 66.7 Å². The highest BCUT2D eigenvalue weighted by Crippen LogP contribution is 2.22. The van der Waals surface area contributed by atoms with E-state index in [-0.39, 0.29) is 17.9 Å². The lowest BCUT2D eigenvalue weighted by Crippen LogP contribution is -2.50. The van der Waals surface area contributed by atoms with Gasteiger partial charge in [-0.15, -0.1) is 0 Å². The van der Waals surface area contributed by atoms with Crippen LogP contribution in [0.4, 0.5) is 0 Å². The maximum absolute atomic E-state index is 13.6. The molecule has 0 saturated carbocycles. The zero-order chi connectivity index (χ0) is 23.8. The molecule has 4 nitrogen and oxygen atoms in total. The Hall–Kier alpha value is -3.14. The third-order valence-corrected chi connectivity index (χ3v) is 6.48. The summed E-state index contributed by atoms with van der Waals surface area (Å²) in [7, 11) is 0. The Kier molecular flexibility index (Phi) is 8.65. The summed E-state index contributed by atoms with van der Waals surface area (Å²) < 4.78 is 0. The van der Waals surface area contributed by atoms with E-state index in [9.17, 15) is 9.59 Å². The molecule has 2 amide bonds. The van der Waals surface area contributed by atoms with E-state index in [0.717, 1.165) is 23.1 Å². The molecule has 4 heteroatoms. The number of rotatable bonds is 10. The molecular formula is C29H36N2O2. The number of aryl methyl sites for hydroxylation is 2. The van der Waals surface area contributed by atoms with Crippen molar-refractivity contribution in [2.24, 2.45) is 0 Å². The number of hydrogen-bond acceptors (Lipinski definition) is 2. The van der Waals surface area contributed by atoms with E-state index in [1.807, 2.05) is 70.2 Å². The molecule has 33 heavy (non-hydrogen) atoms. The van der Waals surface area contributed by atoms with Crippen LogP contribution in [0.5, 0.6) is 0 Å². The molecule has 2 atom stereocenters. The summed E-state index contributed by atoms with van der Waals surface area (Å²) in [5, 5.41) is 5.44. The molecule has 0 heterocycles. The molecule has 0 aliphatic heterocycles. The van der Waals surface area contributed by atoms with Crippen LogP contribution in [0.1, 0.15) is 56.7 Å². The zero-order valence-corrected chi connectivity index (χ0v) is 20.3. The van der Waals surface area contributed by atoms with Gasteiger partial charge in [-0.05, 0) is 60.6 Å². The second-order valence-electron chi connectivity index (χ2n) is 8.83. The summed E-state index contributed by atoms with van der Waals surface area (Å²) in [4.78, 5) is 28.5. The molecule has 0 spiro atoms. The lowest BCUT2D eigenvalue weighted by molar-refractivity contribution is -0.141. The molecule has 0 bridgehead atoms. The van der Waals surface area contributed by atoms with Crippen molar-refractivity contribution in [3.8, 4) is 0 Å². The maximum Gasteiger partial charge on any atom is 0.243 e. The van der Waals surface area contributed by atoms with Crippen LogP contribution in [-0.2, 0) is 22.6 Å². The largest absolute Gasteiger partial charge is 0.352 e. The van der Waals surface area contributed by atoms with E-state index in [1.165, 1.54) is 10.8 Å².